The first-order valence-corrected chi connectivity index (χ1v) is 5.70. The summed E-state index contributed by atoms with van der Waals surface area (Å²) in [6.07, 6.45) is 0.565. The van der Waals surface area contributed by atoms with Gasteiger partial charge in [0.25, 0.3) is 5.91 Å². The molecule has 4 nitrogen and oxygen atoms in total. The molecule has 94 valence electrons. The Bertz CT molecular complexity index is 357. The number of ether oxygens (including phenoxy) is 1. The largest absolute Gasteiger partial charge is 0.484 e. The topological polar surface area (TPSA) is 58.6 Å². The van der Waals surface area contributed by atoms with E-state index in [4.69, 9.17) is 9.84 Å². The minimum Gasteiger partial charge on any atom is -0.484 e. The van der Waals surface area contributed by atoms with Gasteiger partial charge in [-0.2, -0.15) is 0 Å². The average molecular weight is 237 g/mol. The standard InChI is InChI=1S/C13H19NO3/c1-10-6-11(2)8-12(7-10)17-9-13(16)14-4-3-5-15/h6-8,15H,3-5,9H2,1-2H3,(H,14,16). The van der Waals surface area contributed by atoms with Crippen LogP contribution in [-0.4, -0.2) is 30.8 Å². The monoisotopic (exact) mass is 237 g/mol. The maximum absolute atomic E-state index is 11.3. The van der Waals surface area contributed by atoms with Gasteiger partial charge in [0.1, 0.15) is 5.75 Å². The Balaban J connectivity index is 2.36. The lowest BCUT2D eigenvalue weighted by Crippen LogP contribution is -2.30. The molecular formula is C13H19NO3. The molecule has 1 rings (SSSR count). The lowest BCUT2D eigenvalue weighted by Gasteiger charge is -2.08. The third kappa shape index (κ3) is 5.36. The third-order valence-corrected chi connectivity index (χ3v) is 2.22. The number of rotatable bonds is 6. The number of nitrogens with one attached hydrogen (secondary N) is 1. The van der Waals surface area contributed by atoms with Crippen LogP contribution in [0.5, 0.6) is 5.75 Å². The number of aliphatic hydroxyl groups excluding tert-OH is 1. The molecule has 17 heavy (non-hydrogen) atoms. The summed E-state index contributed by atoms with van der Waals surface area (Å²) in [7, 11) is 0. The molecule has 0 atom stereocenters. The Morgan fingerprint density at radius 2 is 1.94 bits per heavy atom. The molecule has 2 N–H and O–H groups in total. The number of carbonyl (C=O) groups is 1. The molecule has 1 amide bonds. The van der Waals surface area contributed by atoms with Gasteiger partial charge in [-0.05, 0) is 43.5 Å². The molecule has 0 bridgehead atoms. The molecule has 0 aromatic heterocycles. The zero-order chi connectivity index (χ0) is 12.7. The summed E-state index contributed by atoms with van der Waals surface area (Å²) in [5.41, 5.74) is 2.22. The lowest BCUT2D eigenvalue weighted by atomic mass is 10.1. The predicted octanol–water partition coefficient (Wildman–Crippen LogP) is 1.18. The Labute approximate surface area is 102 Å². The maximum atomic E-state index is 11.3. The van der Waals surface area contributed by atoms with E-state index in [1.165, 1.54) is 0 Å². The number of hydrogen-bond acceptors (Lipinski definition) is 3. The molecule has 0 radical (unpaired) electrons. The fourth-order valence-electron chi connectivity index (χ4n) is 1.52. The average Bonchev–Trinajstić information content (AvgIpc) is 2.25. The number of aryl methyl sites for hydroxylation is 2. The quantitative estimate of drug-likeness (QED) is 0.730. The van der Waals surface area contributed by atoms with E-state index < -0.39 is 0 Å². The first-order valence-electron chi connectivity index (χ1n) is 5.70. The Kier molecular flexibility index (Phi) is 5.49. The first-order chi connectivity index (χ1) is 8.11. The van der Waals surface area contributed by atoms with Gasteiger partial charge in [-0.3, -0.25) is 4.79 Å². The molecular weight excluding hydrogens is 218 g/mol. The summed E-state index contributed by atoms with van der Waals surface area (Å²) in [5.74, 6) is 0.539. The van der Waals surface area contributed by atoms with Gasteiger partial charge in [0.2, 0.25) is 0 Å². The van der Waals surface area contributed by atoms with Crippen molar-refractivity contribution in [2.24, 2.45) is 0 Å². The minimum atomic E-state index is -0.169. The summed E-state index contributed by atoms with van der Waals surface area (Å²) in [4.78, 5) is 11.3. The SMILES string of the molecule is Cc1cc(C)cc(OCC(=O)NCCCO)c1. The van der Waals surface area contributed by atoms with Crippen molar-refractivity contribution in [1.82, 2.24) is 5.32 Å². The number of benzene rings is 1. The molecule has 0 saturated carbocycles. The second-order valence-corrected chi connectivity index (χ2v) is 4.04. The normalized spacial score (nSPS) is 10.1. The molecule has 0 unspecified atom stereocenters. The van der Waals surface area contributed by atoms with Gasteiger partial charge in [-0.15, -0.1) is 0 Å². The van der Waals surface area contributed by atoms with E-state index in [0.717, 1.165) is 11.1 Å². The molecule has 0 fully saturated rings. The van der Waals surface area contributed by atoms with E-state index >= 15 is 0 Å². The van der Waals surface area contributed by atoms with Crippen LogP contribution in [0.1, 0.15) is 17.5 Å². The number of hydrogen-bond donors (Lipinski definition) is 2. The smallest absolute Gasteiger partial charge is 0.257 e. The Morgan fingerprint density at radius 1 is 1.29 bits per heavy atom. The van der Waals surface area contributed by atoms with Crippen molar-refractivity contribution in [2.45, 2.75) is 20.3 Å². The number of amides is 1. The van der Waals surface area contributed by atoms with Crippen LogP contribution in [0.25, 0.3) is 0 Å². The molecule has 0 aliphatic carbocycles. The van der Waals surface area contributed by atoms with E-state index in [2.05, 4.69) is 5.32 Å². The van der Waals surface area contributed by atoms with Gasteiger partial charge in [0.15, 0.2) is 6.61 Å². The fraction of sp³-hybridized carbons (Fsp3) is 0.462. The molecule has 0 aliphatic rings. The van der Waals surface area contributed by atoms with Gasteiger partial charge in [0.05, 0.1) is 0 Å². The summed E-state index contributed by atoms with van der Waals surface area (Å²) in [6.45, 7) is 4.54. The van der Waals surface area contributed by atoms with Gasteiger partial charge in [0, 0.05) is 13.2 Å². The van der Waals surface area contributed by atoms with E-state index in [0.29, 0.717) is 18.7 Å². The Morgan fingerprint density at radius 3 is 2.53 bits per heavy atom. The summed E-state index contributed by atoms with van der Waals surface area (Å²) in [6, 6.07) is 5.84. The second kappa shape index (κ2) is 6.91. The van der Waals surface area contributed by atoms with Crippen LogP contribution < -0.4 is 10.1 Å². The van der Waals surface area contributed by atoms with Gasteiger partial charge < -0.3 is 15.2 Å². The van der Waals surface area contributed by atoms with E-state index in [9.17, 15) is 4.79 Å². The van der Waals surface area contributed by atoms with Crippen molar-refractivity contribution < 1.29 is 14.6 Å². The molecule has 4 heteroatoms. The molecule has 1 aromatic rings. The summed E-state index contributed by atoms with van der Waals surface area (Å²) in [5, 5.41) is 11.2. The van der Waals surface area contributed by atoms with Gasteiger partial charge in [-0.1, -0.05) is 6.07 Å². The van der Waals surface area contributed by atoms with E-state index in [1.807, 2.05) is 32.0 Å². The summed E-state index contributed by atoms with van der Waals surface area (Å²) < 4.78 is 5.39. The molecule has 0 aliphatic heterocycles. The van der Waals surface area contributed by atoms with Crippen molar-refractivity contribution in [3.63, 3.8) is 0 Å². The summed E-state index contributed by atoms with van der Waals surface area (Å²) >= 11 is 0. The van der Waals surface area contributed by atoms with Crippen LogP contribution in [0, 0.1) is 13.8 Å². The highest BCUT2D eigenvalue weighted by atomic mass is 16.5. The van der Waals surface area contributed by atoms with Crippen molar-refractivity contribution in [2.75, 3.05) is 19.8 Å². The van der Waals surface area contributed by atoms with Crippen molar-refractivity contribution >= 4 is 5.91 Å². The number of aliphatic hydroxyl groups is 1. The van der Waals surface area contributed by atoms with Crippen LogP contribution >= 0.6 is 0 Å². The van der Waals surface area contributed by atoms with E-state index in [1.54, 1.807) is 0 Å². The van der Waals surface area contributed by atoms with Crippen LogP contribution in [0.15, 0.2) is 18.2 Å². The lowest BCUT2D eigenvalue weighted by molar-refractivity contribution is -0.123. The fourth-order valence-corrected chi connectivity index (χ4v) is 1.52. The zero-order valence-corrected chi connectivity index (χ0v) is 10.3. The predicted molar refractivity (Wildman–Crippen MR) is 66.1 cm³/mol. The molecule has 0 heterocycles. The van der Waals surface area contributed by atoms with Crippen LogP contribution in [0.3, 0.4) is 0 Å². The minimum absolute atomic E-state index is 0.00826. The first kappa shape index (κ1) is 13.5. The van der Waals surface area contributed by atoms with E-state index in [-0.39, 0.29) is 19.1 Å². The zero-order valence-electron chi connectivity index (χ0n) is 10.3. The van der Waals surface area contributed by atoms with Crippen LogP contribution in [0.4, 0.5) is 0 Å². The highest BCUT2D eigenvalue weighted by Gasteiger charge is 2.02. The van der Waals surface area contributed by atoms with Crippen molar-refractivity contribution in [3.05, 3.63) is 29.3 Å². The van der Waals surface area contributed by atoms with Crippen molar-refractivity contribution in [3.8, 4) is 5.75 Å². The maximum Gasteiger partial charge on any atom is 0.257 e. The highest BCUT2D eigenvalue weighted by Crippen LogP contribution is 2.15. The third-order valence-electron chi connectivity index (χ3n) is 2.22. The van der Waals surface area contributed by atoms with Gasteiger partial charge in [-0.25, -0.2) is 0 Å². The van der Waals surface area contributed by atoms with Crippen LogP contribution in [0.2, 0.25) is 0 Å². The van der Waals surface area contributed by atoms with Crippen LogP contribution in [-0.2, 0) is 4.79 Å². The molecule has 0 saturated heterocycles. The highest BCUT2D eigenvalue weighted by molar-refractivity contribution is 5.77. The van der Waals surface area contributed by atoms with Crippen molar-refractivity contribution in [1.29, 1.82) is 0 Å². The molecule has 1 aromatic carbocycles. The second-order valence-electron chi connectivity index (χ2n) is 4.04. The van der Waals surface area contributed by atoms with Gasteiger partial charge >= 0.3 is 0 Å². The molecule has 0 spiro atoms. The Hall–Kier alpha value is -1.55. The number of carbonyl (C=O) groups excluding carboxylic acids is 1.